The summed E-state index contributed by atoms with van der Waals surface area (Å²) in [6.45, 7) is 2.23. The van der Waals surface area contributed by atoms with Gasteiger partial charge in [0.2, 0.25) is 0 Å². The maximum atomic E-state index is 11.9. The van der Waals surface area contributed by atoms with Crippen LogP contribution in [0.2, 0.25) is 0 Å². The Balaban J connectivity index is 1.47. The van der Waals surface area contributed by atoms with Crippen molar-refractivity contribution in [2.45, 2.75) is 25.2 Å². The summed E-state index contributed by atoms with van der Waals surface area (Å²) in [6, 6.07) is 11.3. The molecule has 0 spiro atoms. The molecule has 1 aromatic heterocycles. The Morgan fingerprint density at radius 1 is 1.13 bits per heavy atom. The van der Waals surface area contributed by atoms with E-state index >= 15 is 0 Å². The highest BCUT2D eigenvalue weighted by atomic mass is 16.3. The van der Waals surface area contributed by atoms with Crippen LogP contribution in [0.4, 0.5) is 4.79 Å². The number of rotatable bonds is 4. The maximum Gasteiger partial charge on any atom is 0.333 e. The van der Waals surface area contributed by atoms with Crippen LogP contribution in [0.3, 0.4) is 0 Å². The molecular weight excluding hydrogens is 294 g/mol. The number of furan rings is 1. The van der Waals surface area contributed by atoms with Gasteiger partial charge in [0.25, 0.3) is 5.91 Å². The van der Waals surface area contributed by atoms with Crippen molar-refractivity contribution in [2.24, 2.45) is 0 Å². The summed E-state index contributed by atoms with van der Waals surface area (Å²) in [5.41, 5.74) is 6.38. The molecule has 120 valence electrons. The van der Waals surface area contributed by atoms with Crippen molar-refractivity contribution >= 4 is 11.9 Å². The van der Waals surface area contributed by atoms with E-state index in [9.17, 15) is 9.59 Å². The summed E-state index contributed by atoms with van der Waals surface area (Å²) in [6.07, 6.45) is 3.54. The maximum absolute atomic E-state index is 11.9. The van der Waals surface area contributed by atoms with Crippen LogP contribution in [-0.4, -0.2) is 18.5 Å². The largest absolute Gasteiger partial charge is 0.469 e. The number of amides is 3. The average molecular weight is 313 g/mol. The predicted octanol–water partition coefficient (Wildman–Crippen LogP) is 2.26. The van der Waals surface area contributed by atoms with Gasteiger partial charge in [0.1, 0.15) is 5.76 Å². The molecule has 0 saturated heterocycles. The highest BCUT2D eigenvalue weighted by Gasteiger charge is 2.44. The fourth-order valence-electron chi connectivity index (χ4n) is 2.61. The molecule has 6 nitrogen and oxygen atoms in total. The molecule has 23 heavy (non-hydrogen) atoms. The minimum Gasteiger partial charge on any atom is -0.469 e. The number of urea groups is 1. The molecule has 1 heterocycles. The van der Waals surface area contributed by atoms with Gasteiger partial charge >= 0.3 is 6.03 Å². The molecule has 1 aliphatic carbocycles. The van der Waals surface area contributed by atoms with Crippen LogP contribution < -0.4 is 16.2 Å². The van der Waals surface area contributed by atoms with Gasteiger partial charge in [0.15, 0.2) is 0 Å². The fourth-order valence-corrected chi connectivity index (χ4v) is 2.61. The topological polar surface area (TPSA) is 83.4 Å². The van der Waals surface area contributed by atoms with Crippen molar-refractivity contribution in [3.8, 4) is 0 Å². The van der Waals surface area contributed by atoms with E-state index < -0.39 is 11.9 Å². The standard InChI is InChI=1S/C17H19N3O3/c1-12-14(7-10-23-12)15(21)19-20-16(22)18-11-17(8-9-17)13-5-3-2-4-6-13/h2-7,10H,8-9,11H2,1H3,(H,19,21)(H2,18,20,22). The van der Waals surface area contributed by atoms with E-state index in [-0.39, 0.29) is 5.41 Å². The van der Waals surface area contributed by atoms with Crippen LogP contribution in [0, 0.1) is 6.92 Å². The number of nitrogens with one attached hydrogen (secondary N) is 3. The SMILES string of the molecule is Cc1occc1C(=O)NNC(=O)NCC1(c2ccccc2)CC1. The van der Waals surface area contributed by atoms with Gasteiger partial charge in [-0.1, -0.05) is 30.3 Å². The molecular formula is C17H19N3O3. The van der Waals surface area contributed by atoms with Gasteiger partial charge in [-0.3, -0.25) is 10.2 Å². The molecule has 6 heteroatoms. The molecule has 3 N–H and O–H groups in total. The van der Waals surface area contributed by atoms with Crippen LogP contribution in [0.15, 0.2) is 47.1 Å². The van der Waals surface area contributed by atoms with Gasteiger partial charge in [0.05, 0.1) is 11.8 Å². The first-order valence-electron chi connectivity index (χ1n) is 7.54. The molecule has 2 aromatic rings. The highest BCUT2D eigenvalue weighted by Crippen LogP contribution is 2.47. The molecule has 1 aliphatic rings. The summed E-state index contributed by atoms with van der Waals surface area (Å²) in [4.78, 5) is 23.7. The molecule has 0 aliphatic heterocycles. The Hall–Kier alpha value is -2.76. The number of aryl methyl sites for hydroxylation is 1. The number of hydrogen-bond acceptors (Lipinski definition) is 3. The summed E-state index contributed by atoms with van der Waals surface area (Å²) >= 11 is 0. The Labute approximate surface area is 134 Å². The molecule has 0 unspecified atom stereocenters. The molecule has 0 radical (unpaired) electrons. The highest BCUT2D eigenvalue weighted by molar-refractivity contribution is 5.96. The van der Waals surface area contributed by atoms with Crippen LogP contribution in [0.5, 0.6) is 0 Å². The Morgan fingerprint density at radius 3 is 2.48 bits per heavy atom. The smallest absolute Gasteiger partial charge is 0.333 e. The lowest BCUT2D eigenvalue weighted by Crippen LogP contribution is -2.48. The van der Waals surface area contributed by atoms with Gasteiger partial charge in [-0.2, -0.15) is 0 Å². The molecule has 3 amide bonds. The minimum atomic E-state index is -0.429. The zero-order valence-corrected chi connectivity index (χ0v) is 12.9. The van der Waals surface area contributed by atoms with E-state index in [4.69, 9.17) is 4.42 Å². The second kappa shape index (κ2) is 6.16. The third-order valence-corrected chi connectivity index (χ3v) is 4.22. The van der Waals surface area contributed by atoms with Crippen molar-refractivity contribution in [2.75, 3.05) is 6.54 Å². The van der Waals surface area contributed by atoms with Crippen molar-refractivity contribution in [3.05, 3.63) is 59.5 Å². The third kappa shape index (κ3) is 3.36. The van der Waals surface area contributed by atoms with E-state index in [0.29, 0.717) is 17.9 Å². The summed E-state index contributed by atoms with van der Waals surface area (Å²) in [5, 5.41) is 2.81. The van der Waals surface area contributed by atoms with E-state index in [2.05, 4.69) is 28.3 Å². The normalized spacial score (nSPS) is 14.8. The Morgan fingerprint density at radius 2 is 1.87 bits per heavy atom. The second-order valence-corrected chi connectivity index (χ2v) is 5.80. The first-order valence-corrected chi connectivity index (χ1v) is 7.54. The van der Waals surface area contributed by atoms with Gasteiger partial charge in [0, 0.05) is 12.0 Å². The van der Waals surface area contributed by atoms with Crippen LogP contribution in [0.1, 0.15) is 34.5 Å². The van der Waals surface area contributed by atoms with Crippen molar-refractivity contribution < 1.29 is 14.0 Å². The minimum absolute atomic E-state index is 0.0315. The summed E-state index contributed by atoms with van der Waals surface area (Å²) in [5.74, 6) is 0.0984. The number of hydrogen-bond donors (Lipinski definition) is 3. The Kier molecular flexibility index (Phi) is 4.06. The lowest BCUT2D eigenvalue weighted by molar-refractivity contribution is 0.0934. The first kappa shape index (κ1) is 15.1. The average Bonchev–Trinajstić information content (AvgIpc) is 3.25. The lowest BCUT2D eigenvalue weighted by atomic mass is 9.96. The van der Waals surface area contributed by atoms with Gasteiger partial charge in [-0.25, -0.2) is 10.2 Å². The summed E-state index contributed by atoms with van der Waals surface area (Å²) < 4.78 is 5.05. The van der Waals surface area contributed by atoms with E-state index in [1.54, 1.807) is 13.0 Å². The Bertz CT molecular complexity index is 705. The monoisotopic (exact) mass is 313 g/mol. The van der Waals surface area contributed by atoms with Crippen molar-refractivity contribution in [1.82, 2.24) is 16.2 Å². The first-order chi connectivity index (χ1) is 11.1. The molecule has 0 atom stereocenters. The van der Waals surface area contributed by atoms with Crippen molar-refractivity contribution in [1.29, 1.82) is 0 Å². The number of carbonyl (C=O) groups excluding carboxylic acids is 2. The molecule has 1 saturated carbocycles. The van der Waals surface area contributed by atoms with E-state index in [1.807, 2.05) is 18.2 Å². The molecule has 0 bridgehead atoms. The van der Waals surface area contributed by atoms with E-state index in [1.165, 1.54) is 11.8 Å². The number of hydrazine groups is 1. The molecule has 1 aromatic carbocycles. The van der Waals surface area contributed by atoms with Gasteiger partial charge in [-0.05, 0) is 31.4 Å². The second-order valence-electron chi connectivity index (χ2n) is 5.80. The molecule has 3 rings (SSSR count). The third-order valence-electron chi connectivity index (χ3n) is 4.22. The quantitative estimate of drug-likeness (QED) is 0.757. The van der Waals surface area contributed by atoms with Crippen molar-refractivity contribution in [3.63, 3.8) is 0 Å². The van der Waals surface area contributed by atoms with Gasteiger partial charge in [-0.15, -0.1) is 0 Å². The number of benzene rings is 1. The zero-order chi connectivity index (χ0) is 16.3. The van der Waals surface area contributed by atoms with Crippen LogP contribution in [0.25, 0.3) is 0 Å². The van der Waals surface area contributed by atoms with Crippen LogP contribution >= 0.6 is 0 Å². The predicted molar refractivity (Wildman–Crippen MR) is 84.8 cm³/mol. The molecule has 1 fully saturated rings. The number of carbonyl (C=O) groups is 2. The van der Waals surface area contributed by atoms with Gasteiger partial charge < -0.3 is 9.73 Å². The zero-order valence-electron chi connectivity index (χ0n) is 12.9. The van der Waals surface area contributed by atoms with E-state index in [0.717, 1.165) is 12.8 Å². The lowest BCUT2D eigenvalue weighted by Gasteiger charge is -2.17. The fraction of sp³-hybridized carbons (Fsp3) is 0.294. The van der Waals surface area contributed by atoms with Crippen LogP contribution in [-0.2, 0) is 5.41 Å². The summed E-state index contributed by atoms with van der Waals surface area (Å²) in [7, 11) is 0.